The highest BCUT2D eigenvalue weighted by atomic mass is 32.7. The summed E-state index contributed by atoms with van der Waals surface area (Å²) in [6.07, 6.45) is 11.0. The summed E-state index contributed by atoms with van der Waals surface area (Å²) >= 11 is 0.411. The maximum atomic E-state index is 12.6. The van der Waals surface area contributed by atoms with Crippen LogP contribution in [0.5, 0.6) is 0 Å². The molecule has 7 atom stereocenters. The predicted octanol–water partition coefficient (Wildman–Crippen LogP) is 2.69. The van der Waals surface area contributed by atoms with Gasteiger partial charge in [-0.15, -0.1) is 0 Å². The molecule has 0 aromatic rings. The van der Waals surface area contributed by atoms with Crippen molar-refractivity contribution in [3.05, 3.63) is 24.3 Å². The van der Waals surface area contributed by atoms with Gasteiger partial charge in [0.25, 0.3) is 0 Å². The van der Waals surface area contributed by atoms with Crippen LogP contribution in [0.25, 0.3) is 0 Å². The van der Waals surface area contributed by atoms with Crippen molar-refractivity contribution in [1.29, 1.82) is 0 Å². The fourth-order valence-electron chi connectivity index (χ4n) is 4.93. The molecule has 9 heteroatoms. The van der Waals surface area contributed by atoms with Crippen LogP contribution in [0.2, 0.25) is 0 Å². The highest BCUT2D eigenvalue weighted by Gasteiger charge is 2.43. The Kier molecular flexibility index (Phi) is 5.76. The van der Waals surface area contributed by atoms with Crippen LogP contribution in [-0.2, 0) is 23.6 Å². The second kappa shape index (κ2) is 7.98. The molecular weight excluding hydrogens is 403 g/mol. The maximum absolute atomic E-state index is 12.6. The van der Waals surface area contributed by atoms with Gasteiger partial charge in [0.2, 0.25) is 0 Å². The summed E-state index contributed by atoms with van der Waals surface area (Å²) in [5, 5.41) is 0. The van der Waals surface area contributed by atoms with E-state index in [0.29, 0.717) is 23.2 Å². The van der Waals surface area contributed by atoms with Crippen LogP contribution in [0.3, 0.4) is 0 Å². The van der Waals surface area contributed by atoms with Crippen LogP contribution in [0.4, 0.5) is 0 Å². The normalized spacial score (nSPS) is 36.1. The van der Waals surface area contributed by atoms with E-state index >= 15 is 0 Å². The first-order chi connectivity index (χ1) is 13.3. The van der Waals surface area contributed by atoms with Crippen molar-refractivity contribution in [1.82, 2.24) is 0 Å². The molecule has 0 spiro atoms. The van der Waals surface area contributed by atoms with Crippen molar-refractivity contribution in [3.8, 4) is 0 Å². The van der Waals surface area contributed by atoms with Gasteiger partial charge in [0.05, 0.1) is 11.8 Å². The van der Waals surface area contributed by atoms with Gasteiger partial charge in [0.15, 0.2) is 0 Å². The number of ether oxygens (including phenoxy) is 2. The van der Waals surface area contributed by atoms with E-state index in [4.69, 9.17) is 19.3 Å². The second-order valence-electron chi connectivity index (χ2n) is 8.25. The van der Waals surface area contributed by atoms with E-state index in [9.17, 15) is 14.2 Å². The monoisotopic (exact) mass is 428 g/mol. The topological polar surface area (TPSA) is 110 Å². The van der Waals surface area contributed by atoms with Crippen LogP contribution in [0, 0.1) is 35.5 Å². The number of carbonyl (C=O) groups excluding carboxylic acids is 2. The van der Waals surface area contributed by atoms with E-state index < -0.39 is 12.9 Å². The standard InChI is InChI=1S/C19H25O7PS/c20-18(16-7-11-1-3-13(16)5-11)25-9-15(10-28-27(22,23)24)26-19(21)17-8-12-2-4-14(17)6-12/h1-4,11-17H,5-10H2,(H2,22,23,24). The fraction of sp³-hybridized carbons (Fsp3) is 0.684. The van der Waals surface area contributed by atoms with Crippen LogP contribution >= 0.6 is 18.2 Å². The summed E-state index contributed by atoms with van der Waals surface area (Å²) in [6.45, 7) is -4.49. The van der Waals surface area contributed by atoms with Crippen molar-refractivity contribution >= 4 is 30.1 Å². The fourth-order valence-corrected chi connectivity index (χ4v) is 6.54. The van der Waals surface area contributed by atoms with Crippen molar-refractivity contribution in [2.24, 2.45) is 35.5 Å². The molecule has 0 aromatic carbocycles. The molecule has 4 bridgehead atoms. The largest absolute Gasteiger partial charge is 0.461 e. The van der Waals surface area contributed by atoms with Crippen LogP contribution in [0.15, 0.2) is 24.3 Å². The molecule has 2 N–H and O–H groups in total. The predicted molar refractivity (Wildman–Crippen MR) is 103 cm³/mol. The number of carbonyl (C=O) groups is 2. The zero-order valence-electron chi connectivity index (χ0n) is 15.4. The van der Waals surface area contributed by atoms with Gasteiger partial charge in [-0.3, -0.25) is 9.59 Å². The first-order valence-electron chi connectivity index (χ1n) is 9.72. The Hall–Kier alpha value is -1.08. The minimum absolute atomic E-state index is 0.115. The van der Waals surface area contributed by atoms with Gasteiger partial charge in [-0.2, -0.15) is 0 Å². The molecular formula is C19H25O7PS. The average molecular weight is 428 g/mol. The third-order valence-electron chi connectivity index (χ3n) is 6.29. The number of rotatable bonds is 8. The molecule has 0 aliphatic heterocycles. The zero-order chi connectivity index (χ0) is 19.9. The maximum Gasteiger partial charge on any atom is 0.384 e. The minimum Gasteiger partial charge on any atom is -0.461 e. The first-order valence-corrected chi connectivity index (χ1v) is 12.9. The molecule has 2 fully saturated rings. The third kappa shape index (κ3) is 4.56. The molecule has 154 valence electrons. The smallest absolute Gasteiger partial charge is 0.384 e. The molecule has 28 heavy (non-hydrogen) atoms. The Balaban J connectivity index is 1.32. The Morgan fingerprint density at radius 3 is 2.00 bits per heavy atom. The van der Waals surface area contributed by atoms with Gasteiger partial charge >= 0.3 is 18.7 Å². The third-order valence-corrected chi connectivity index (χ3v) is 8.60. The summed E-state index contributed by atoms with van der Waals surface area (Å²) in [5.74, 6) is 0.0481. The molecule has 7 nitrogen and oxygen atoms in total. The Morgan fingerprint density at radius 2 is 1.54 bits per heavy atom. The average Bonchev–Trinajstić information content (AvgIpc) is 3.43. The summed E-state index contributed by atoms with van der Waals surface area (Å²) < 4.78 is 22.1. The van der Waals surface area contributed by atoms with Crippen LogP contribution in [-0.4, -0.2) is 40.2 Å². The van der Waals surface area contributed by atoms with Crippen molar-refractivity contribution in [2.75, 3.05) is 12.4 Å². The Morgan fingerprint density at radius 1 is 0.964 bits per heavy atom. The summed E-state index contributed by atoms with van der Waals surface area (Å²) in [5.41, 5.74) is 0. The zero-order valence-corrected chi connectivity index (χ0v) is 17.1. The van der Waals surface area contributed by atoms with Crippen molar-refractivity contribution < 1.29 is 33.4 Å². The SMILES string of the molecule is O=C(OCC(CSP(=O)(O)O)OC(=O)C1CC2C=CC1C2)C1CC2C=CC1C2. The Labute approximate surface area is 167 Å². The quantitative estimate of drug-likeness (QED) is 0.345. The van der Waals surface area contributed by atoms with Gasteiger partial charge in [-0.05, 0) is 60.7 Å². The lowest BCUT2D eigenvalue weighted by Crippen LogP contribution is -2.33. The van der Waals surface area contributed by atoms with E-state index in [1.54, 1.807) is 0 Å². The van der Waals surface area contributed by atoms with E-state index in [1.165, 1.54) is 0 Å². The molecule has 2 saturated carbocycles. The summed E-state index contributed by atoms with van der Waals surface area (Å²) in [6, 6.07) is 0. The van der Waals surface area contributed by atoms with E-state index in [2.05, 4.69) is 18.2 Å². The molecule has 7 unspecified atom stereocenters. The van der Waals surface area contributed by atoms with E-state index in [0.717, 1.165) is 25.7 Å². The number of hydrogen-bond acceptors (Lipinski definition) is 6. The molecule has 0 amide bonds. The van der Waals surface area contributed by atoms with Gasteiger partial charge in [0, 0.05) is 5.75 Å². The lowest BCUT2D eigenvalue weighted by atomic mass is 9.94. The van der Waals surface area contributed by atoms with Crippen molar-refractivity contribution in [2.45, 2.75) is 31.8 Å². The Bertz CT molecular complexity index is 745. The molecule has 0 radical (unpaired) electrons. The van der Waals surface area contributed by atoms with Gasteiger partial charge in [-0.25, -0.2) is 4.57 Å². The highest BCUT2D eigenvalue weighted by Crippen LogP contribution is 2.51. The van der Waals surface area contributed by atoms with Gasteiger partial charge < -0.3 is 19.3 Å². The highest BCUT2D eigenvalue weighted by molar-refractivity contribution is 8.54. The van der Waals surface area contributed by atoms with Crippen molar-refractivity contribution in [3.63, 3.8) is 0 Å². The van der Waals surface area contributed by atoms with Crippen LogP contribution in [0.1, 0.15) is 25.7 Å². The lowest BCUT2D eigenvalue weighted by Gasteiger charge is -2.23. The lowest BCUT2D eigenvalue weighted by molar-refractivity contribution is -0.163. The molecule has 0 heterocycles. The number of esters is 2. The van der Waals surface area contributed by atoms with Gasteiger partial charge in [-0.1, -0.05) is 24.3 Å². The molecule has 4 rings (SSSR count). The summed E-state index contributed by atoms with van der Waals surface area (Å²) in [7, 11) is 0. The van der Waals surface area contributed by atoms with Gasteiger partial charge in [0.1, 0.15) is 12.7 Å². The van der Waals surface area contributed by atoms with E-state index in [-0.39, 0.29) is 48.0 Å². The molecule has 4 aliphatic rings. The molecule has 4 aliphatic carbocycles. The second-order valence-corrected chi connectivity index (χ2v) is 12.0. The number of allylic oxidation sites excluding steroid dienone is 4. The summed E-state index contributed by atoms with van der Waals surface area (Å²) in [4.78, 5) is 43.2. The minimum atomic E-state index is -4.31. The van der Waals surface area contributed by atoms with Crippen LogP contribution < -0.4 is 0 Å². The molecule has 0 aromatic heterocycles. The number of hydrogen-bond donors (Lipinski definition) is 2. The first kappa shape index (κ1) is 20.2. The molecule has 0 saturated heterocycles. The van der Waals surface area contributed by atoms with E-state index in [1.807, 2.05) is 6.08 Å². The number of fused-ring (bicyclic) bond motifs is 4.